The van der Waals surface area contributed by atoms with Crippen LogP contribution in [0.4, 0.5) is 11.4 Å². The Hall–Kier alpha value is -3.36. The SMILES string of the molecule is CCc1ccc(C2=NN(c3ccccc3)C3(C=C2)SC(C(=O)OC)=NN3c2ccc(Br)cc2)cc1. The number of carbonyl (C=O) groups excluding carboxylic acids is 1. The van der Waals surface area contributed by atoms with Gasteiger partial charge in [0, 0.05) is 10.0 Å². The van der Waals surface area contributed by atoms with E-state index >= 15 is 0 Å². The Morgan fingerprint density at radius 1 is 0.943 bits per heavy atom. The normalized spacial score (nSPS) is 19.1. The summed E-state index contributed by atoms with van der Waals surface area (Å²) in [4.78, 5) is 11.6. The average molecular weight is 547 g/mol. The molecule has 0 radical (unpaired) electrons. The minimum Gasteiger partial charge on any atom is -0.464 e. The molecular formula is C27H23BrN4O2S. The fourth-order valence-electron chi connectivity index (χ4n) is 3.95. The van der Waals surface area contributed by atoms with Crippen molar-refractivity contribution in [3.63, 3.8) is 0 Å². The molecule has 35 heavy (non-hydrogen) atoms. The molecule has 0 amide bonds. The first-order valence-electron chi connectivity index (χ1n) is 11.2. The Kier molecular flexibility index (Phi) is 6.49. The van der Waals surface area contributed by atoms with Crippen LogP contribution in [0.2, 0.25) is 0 Å². The summed E-state index contributed by atoms with van der Waals surface area (Å²) in [6.07, 6.45) is 5.02. The number of hydrazone groups is 2. The van der Waals surface area contributed by atoms with E-state index in [0.29, 0.717) is 0 Å². The molecule has 0 N–H and O–H groups in total. The summed E-state index contributed by atoms with van der Waals surface area (Å²) in [5.74, 6) is -0.486. The zero-order valence-corrected chi connectivity index (χ0v) is 21.7. The van der Waals surface area contributed by atoms with Crippen molar-refractivity contribution in [2.24, 2.45) is 10.2 Å². The topological polar surface area (TPSA) is 57.5 Å². The van der Waals surface area contributed by atoms with E-state index in [1.54, 1.807) is 0 Å². The van der Waals surface area contributed by atoms with Crippen LogP contribution < -0.4 is 10.0 Å². The summed E-state index contributed by atoms with van der Waals surface area (Å²) in [6.45, 7) is 2.14. The number of benzene rings is 3. The van der Waals surface area contributed by atoms with Crippen LogP contribution in [0, 0.1) is 0 Å². The van der Waals surface area contributed by atoms with Gasteiger partial charge in [-0.05, 0) is 72.3 Å². The maximum Gasteiger partial charge on any atom is 0.365 e. The highest BCUT2D eigenvalue weighted by molar-refractivity contribution is 9.10. The number of hydrogen-bond donors (Lipinski definition) is 0. The third-order valence-corrected chi connectivity index (χ3v) is 7.55. The van der Waals surface area contributed by atoms with Gasteiger partial charge in [-0.2, -0.15) is 10.2 Å². The molecular weight excluding hydrogens is 524 g/mol. The summed E-state index contributed by atoms with van der Waals surface area (Å²) in [6, 6.07) is 26.1. The maximum absolute atomic E-state index is 12.6. The summed E-state index contributed by atoms with van der Waals surface area (Å²) in [7, 11) is 1.36. The Labute approximate surface area is 217 Å². The second-order valence-corrected chi connectivity index (χ2v) is 10.1. The van der Waals surface area contributed by atoms with Crippen molar-refractivity contribution < 1.29 is 9.53 Å². The van der Waals surface area contributed by atoms with E-state index in [1.807, 2.05) is 76.8 Å². The number of para-hydroxylation sites is 1. The number of esters is 1. The van der Waals surface area contributed by atoms with Crippen molar-refractivity contribution in [2.45, 2.75) is 18.3 Å². The van der Waals surface area contributed by atoms with Crippen LogP contribution in [0.15, 0.2) is 106 Å². The molecule has 8 heteroatoms. The number of aryl methyl sites for hydroxylation is 1. The first-order valence-corrected chi connectivity index (χ1v) is 12.8. The summed E-state index contributed by atoms with van der Waals surface area (Å²) >= 11 is 4.80. The Bertz CT molecular complexity index is 1320. The molecule has 6 nitrogen and oxygen atoms in total. The predicted molar refractivity (Wildman–Crippen MR) is 147 cm³/mol. The van der Waals surface area contributed by atoms with E-state index < -0.39 is 11.0 Å². The molecule has 1 spiro atoms. The molecule has 2 aliphatic heterocycles. The van der Waals surface area contributed by atoms with Gasteiger partial charge in [-0.1, -0.05) is 65.3 Å². The maximum atomic E-state index is 12.6. The highest BCUT2D eigenvalue weighted by Gasteiger charge is 2.51. The molecule has 1 unspecified atom stereocenters. The smallest absolute Gasteiger partial charge is 0.365 e. The molecule has 0 saturated carbocycles. The van der Waals surface area contributed by atoms with Crippen LogP contribution in [0.25, 0.3) is 0 Å². The molecule has 2 aliphatic rings. The number of allylic oxidation sites excluding steroid dienone is 1. The van der Waals surface area contributed by atoms with Crippen molar-refractivity contribution in [3.8, 4) is 0 Å². The first-order chi connectivity index (χ1) is 17.0. The molecule has 3 aromatic carbocycles. The third kappa shape index (κ3) is 4.39. The number of nitrogens with zero attached hydrogens (tertiary/aromatic N) is 4. The summed E-state index contributed by atoms with van der Waals surface area (Å²) in [5.41, 5.74) is 4.80. The fraction of sp³-hybridized carbons (Fsp3) is 0.148. The van der Waals surface area contributed by atoms with Gasteiger partial charge in [0.05, 0.1) is 24.2 Å². The van der Waals surface area contributed by atoms with E-state index in [2.05, 4.69) is 47.1 Å². The van der Waals surface area contributed by atoms with Crippen LogP contribution in [-0.4, -0.2) is 28.8 Å². The van der Waals surface area contributed by atoms with Crippen LogP contribution in [0.1, 0.15) is 18.1 Å². The highest BCUT2D eigenvalue weighted by atomic mass is 79.9. The predicted octanol–water partition coefficient (Wildman–Crippen LogP) is 6.19. The number of methoxy groups -OCH3 is 1. The number of anilines is 2. The number of hydrogen-bond acceptors (Lipinski definition) is 7. The lowest BCUT2D eigenvalue weighted by molar-refractivity contribution is -0.132. The van der Waals surface area contributed by atoms with Gasteiger partial charge in [0.25, 0.3) is 0 Å². The van der Waals surface area contributed by atoms with E-state index in [0.717, 1.165) is 33.5 Å². The van der Waals surface area contributed by atoms with Crippen molar-refractivity contribution in [3.05, 3.63) is 107 Å². The first kappa shape index (κ1) is 23.4. The average Bonchev–Trinajstić information content (AvgIpc) is 3.29. The van der Waals surface area contributed by atoms with Crippen molar-refractivity contribution in [1.29, 1.82) is 0 Å². The minimum absolute atomic E-state index is 0.256. The number of carbonyl (C=O) groups is 1. The Morgan fingerprint density at radius 2 is 1.60 bits per heavy atom. The molecule has 1 atom stereocenters. The quantitative estimate of drug-likeness (QED) is 0.357. The molecule has 0 aliphatic carbocycles. The summed E-state index contributed by atoms with van der Waals surface area (Å²) < 4.78 is 5.97. The van der Waals surface area contributed by atoms with E-state index in [9.17, 15) is 4.79 Å². The monoisotopic (exact) mass is 546 g/mol. The van der Waals surface area contributed by atoms with E-state index in [1.165, 1.54) is 24.4 Å². The highest BCUT2D eigenvalue weighted by Crippen LogP contribution is 2.48. The largest absolute Gasteiger partial charge is 0.464 e. The zero-order valence-electron chi connectivity index (χ0n) is 19.3. The van der Waals surface area contributed by atoms with E-state index in [4.69, 9.17) is 14.9 Å². The second kappa shape index (κ2) is 9.71. The number of rotatable bonds is 5. The number of halogens is 1. The number of ether oxygens (including phenoxy) is 1. The standard InChI is InChI=1S/C27H23BrN4O2S/c1-3-19-9-11-20(12-10-19)24-17-18-27(31(29-24)22-7-5-4-6-8-22)32(23-15-13-21(28)14-16-23)30-25(35-27)26(33)34-2/h4-18H,3H2,1-2H3. The summed E-state index contributed by atoms with van der Waals surface area (Å²) in [5, 5.41) is 13.8. The Balaban J connectivity index is 1.65. The van der Waals surface area contributed by atoms with Crippen molar-refractivity contribution in [2.75, 3.05) is 17.1 Å². The fourth-order valence-corrected chi connectivity index (χ4v) is 5.39. The van der Waals surface area contributed by atoms with Crippen molar-refractivity contribution >= 4 is 55.8 Å². The van der Waals surface area contributed by atoms with Gasteiger partial charge in [0.1, 0.15) is 0 Å². The molecule has 0 bridgehead atoms. The van der Waals surface area contributed by atoms with Crippen LogP contribution in [-0.2, 0) is 16.0 Å². The Morgan fingerprint density at radius 3 is 2.26 bits per heavy atom. The minimum atomic E-state index is -0.939. The molecule has 2 heterocycles. The van der Waals surface area contributed by atoms with Crippen molar-refractivity contribution in [1.82, 2.24) is 0 Å². The van der Waals surface area contributed by atoms with Gasteiger partial charge in [-0.3, -0.25) is 0 Å². The van der Waals surface area contributed by atoms with Crippen LogP contribution >= 0.6 is 27.7 Å². The zero-order chi connectivity index (χ0) is 24.4. The van der Waals surface area contributed by atoms with Gasteiger partial charge >= 0.3 is 5.97 Å². The van der Waals surface area contributed by atoms with Gasteiger partial charge < -0.3 is 4.74 Å². The number of thioether (sulfide) groups is 1. The molecule has 176 valence electrons. The third-order valence-electron chi connectivity index (χ3n) is 5.80. The second-order valence-electron chi connectivity index (χ2n) is 7.96. The van der Waals surface area contributed by atoms with Gasteiger partial charge in [-0.15, -0.1) is 0 Å². The molecule has 0 aromatic heterocycles. The molecule has 5 rings (SSSR count). The van der Waals surface area contributed by atoms with Crippen LogP contribution in [0.3, 0.4) is 0 Å². The van der Waals surface area contributed by atoms with Gasteiger partial charge in [0.15, 0.2) is 0 Å². The van der Waals surface area contributed by atoms with Gasteiger partial charge in [0.2, 0.25) is 10.0 Å². The lowest BCUT2D eigenvalue weighted by Gasteiger charge is -2.43. The van der Waals surface area contributed by atoms with Gasteiger partial charge in [-0.25, -0.2) is 14.8 Å². The molecule has 0 saturated heterocycles. The lowest BCUT2D eigenvalue weighted by Crippen LogP contribution is -2.53. The molecule has 0 fully saturated rings. The lowest BCUT2D eigenvalue weighted by atomic mass is 10.0. The van der Waals surface area contributed by atoms with E-state index in [-0.39, 0.29) is 5.04 Å². The molecule has 3 aromatic rings. The van der Waals surface area contributed by atoms with Crippen LogP contribution in [0.5, 0.6) is 0 Å².